The molecule has 2 aromatic heterocycles. The number of nitrogens with zero attached hydrogens (tertiary/aromatic N) is 2. The number of hydrogen-bond acceptors (Lipinski definition) is 6. The zero-order valence-corrected chi connectivity index (χ0v) is 30.1. The highest BCUT2D eigenvalue weighted by Crippen LogP contribution is 2.47. The lowest BCUT2D eigenvalue weighted by Gasteiger charge is -2.35. The van der Waals surface area contributed by atoms with Gasteiger partial charge in [-0.2, -0.15) is 0 Å². The molecule has 0 aliphatic rings. The molecule has 0 spiro atoms. The minimum atomic E-state index is -0.482. The zero-order chi connectivity index (χ0) is 35.9. The van der Waals surface area contributed by atoms with Crippen molar-refractivity contribution in [3.63, 3.8) is 0 Å². The van der Waals surface area contributed by atoms with Crippen molar-refractivity contribution >= 4 is 62.3 Å². The molecule has 6 aromatic rings. The molecule has 12 heteroatoms. The second-order valence-corrected chi connectivity index (χ2v) is 15.4. The summed E-state index contributed by atoms with van der Waals surface area (Å²) in [6.45, 7) is 15.3. The van der Waals surface area contributed by atoms with Crippen molar-refractivity contribution in [3.05, 3.63) is 114 Å². The van der Waals surface area contributed by atoms with Crippen LogP contribution in [0.1, 0.15) is 71.6 Å². The van der Waals surface area contributed by atoms with E-state index in [9.17, 15) is 14.7 Å². The monoisotopic (exact) mass is 701 g/mol. The van der Waals surface area contributed by atoms with Gasteiger partial charge in [0, 0.05) is 11.0 Å². The lowest BCUT2D eigenvalue weighted by atomic mass is 9.70. The van der Waals surface area contributed by atoms with E-state index in [1.807, 2.05) is 24.3 Å². The number of rotatable bonds is 6. The number of phenolic OH excluding ortho intramolecular Hbond substituents is 1. The van der Waals surface area contributed by atoms with Gasteiger partial charge in [0.15, 0.2) is 0 Å². The standard InChI is InChI=1S/C30H35ClN4O2.C7H6ClN3O/c1-28(2,3)17-29(4,5)19-13-20(30(6,7)18-11-9-8-10-12-18)26(36)25(14-19)35-34-22-16-24-23(15-21(22)31)32-27(37)33-24;8-3-1-5-6(2-4(3)9)11-7(12)10-5/h8-16,36H,17H2,1-7H3,(H2,32,33,37);1-2H,9H2,(H2,10,11,12). The molecule has 0 saturated carbocycles. The average Bonchev–Trinajstić information content (AvgIpc) is 3.55. The van der Waals surface area contributed by atoms with E-state index in [0.717, 1.165) is 23.1 Å². The van der Waals surface area contributed by atoms with Crippen molar-refractivity contribution in [2.75, 3.05) is 5.73 Å². The Bertz CT molecular complexity index is 2250. The average molecular weight is 703 g/mol. The van der Waals surface area contributed by atoms with E-state index < -0.39 is 5.41 Å². The number of hydrogen-bond donors (Lipinski definition) is 6. The Labute approximate surface area is 293 Å². The molecule has 2 heterocycles. The van der Waals surface area contributed by atoms with Crippen LogP contribution in [-0.2, 0) is 10.8 Å². The van der Waals surface area contributed by atoms with Crippen LogP contribution in [-0.4, -0.2) is 25.0 Å². The van der Waals surface area contributed by atoms with E-state index in [1.54, 1.807) is 24.3 Å². The number of azo groups is 1. The summed E-state index contributed by atoms with van der Waals surface area (Å²) in [7, 11) is 0. The fraction of sp³-hybridized carbons (Fsp3) is 0.297. The van der Waals surface area contributed by atoms with E-state index in [4.69, 9.17) is 28.9 Å². The highest BCUT2D eigenvalue weighted by Gasteiger charge is 2.33. The van der Waals surface area contributed by atoms with E-state index >= 15 is 0 Å². The summed E-state index contributed by atoms with van der Waals surface area (Å²) in [5, 5.41) is 21.1. The second kappa shape index (κ2) is 13.2. The lowest BCUT2D eigenvalue weighted by molar-refractivity contribution is 0.283. The topological polar surface area (TPSA) is 168 Å². The molecule has 6 rings (SSSR count). The first-order valence-electron chi connectivity index (χ1n) is 15.8. The SMILES string of the molecule is CC(C)(C)CC(C)(C)c1cc(N=Nc2cc3[nH]c(=O)[nH]c3cc2Cl)c(O)c(C(C)(C)c2ccccc2)c1.Nc1cc2[nH]c(=O)[nH]c2cc1Cl. The van der Waals surface area contributed by atoms with Gasteiger partial charge in [0.25, 0.3) is 0 Å². The summed E-state index contributed by atoms with van der Waals surface area (Å²) in [5.74, 6) is 0.0835. The normalized spacial score (nSPS) is 12.5. The molecule has 7 N–H and O–H groups in total. The Hall–Kier alpha value is -4.80. The van der Waals surface area contributed by atoms with Gasteiger partial charge in [0.2, 0.25) is 0 Å². The lowest BCUT2D eigenvalue weighted by Crippen LogP contribution is -2.26. The third-order valence-corrected chi connectivity index (χ3v) is 9.12. The number of fused-ring (bicyclic) bond motifs is 2. The zero-order valence-electron chi connectivity index (χ0n) is 28.5. The molecule has 49 heavy (non-hydrogen) atoms. The molecule has 0 aliphatic carbocycles. The van der Waals surface area contributed by atoms with Crippen LogP contribution in [0.15, 0.2) is 86.5 Å². The van der Waals surface area contributed by atoms with Crippen LogP contribution in [0.5, 0.6) is 5.75 Å². The smallest absolute Gasteiger partial charge is 0.323 e. The molecule has 0 unspecified atom stereocenters. The fourth-order valence-corrected chi connectivity index (χ4v) is 6.67. The third-order valence-electron chi connectivity index (χ3n) is 8.49. The number of benzene rings is 4. The largest absolute Gasteiger partial charge is 0.505 e. The number of nitrogens with one attached hydrogen (secondary N) is 4. The van der Waals surface area contributed by atoms with Gasteiger partial charge in [-0.3, -0.25) is 0 Å². The Kier molecular flexibility index (Phi) is 9.60. The van der Waals surface area contributed by atoms with Crippen LogP contribution in [0.3, 0.4) is 0 Å². The molecule has 0 saturated heterocycles. The first-order chi connectivity index (χ1) is 22.8. The number of halogens is 2. The van der Waals surface area contributed by atoms with Crippen molar-refractivity contribution in [2.45, 2.75) is 65.7 Å². The minimum absolute atomic E-state index is 0.0835. The van der Waals surface area contributed by atoms with Gasteiger partial charge in [-0.05, 0) is 58.7 Å². The summed E-state index contributed by atoms with van der Waals surface area (Å²) < 4.78 is 0. The number of phenols is 1. The molecule has 0 amide bonds. The number of aromatic amines is 4. The van der Waals surface area contributed by atoms with E-state index in [1.165, 1.54) is 0 Å². The molecule has 4 aromatic carbocycles. The van der Waals surface area contributed by atoms with Gasteiger partial charge in [0.1, 0.15) is 17.1 Å². The summed E-state index contributed by atoms with van der Waals surface area (Å²) in [6, 6.07) is 20.7. The van der Waals surface area contributed by atoms with Crippen LogP contribution < -0.4 is 17.1 Å². The van der Waals surface area contributed by atoms with Crippen molar-refractivity contribution in [3.8, 4) is 5.75 Å². The van der Waals surface area contributed by atoms with Gasteiger partial charge in [-0.25, -0.2) is 9.59 Å². The maximum atomic E-state index is 11.7. The first kappa shape index (κ1) is 35.5. The van der Waals surface area contributed by atoms with Crippen molar-refractivity contribution in [1.29, 1.82) is 0 Å². The Morgan fingerprint density at radius 1 is 0.673 bits per heavy atom. The summed E-state index contributed by atoms with van der Waals surface area (Å²) in [6.07, 6.45) is 0.940. The molecule has 0 aliphatic heterocycles. The summed E-state index contributed by atoms with van der Waals surface area (Å²) in [4.78, 5) is 33.0. The van der Waals surface area contributed by atoms with Gasteiger partial charge >= 0.3 is 11.4 Å². The fourth-order valence-electron chi connectivity index (χ4n) is 6.30. The predicted molar refractivity (Wildman–Crippen MR) is 200 cm³/mol. The maximum Gasteiger partial charge on any atom is 0.323 e. The number of nitrogens with two attached hydrogens (primary N) is 1. The Morgan fingerprint density at radius 3 is 1.76 bits per heavy atom. The van der Waals surface area contributed by atoms with Gasteiger partial charge in [-0.1, -0.05) is 108 Å². The minimum Gasteiger partial charge on any atom is -0.505 e. The van der Waals surface area contributed by atoms with Gasteiger partial charge in [0.05, 0.1) is 37.8 Å². The highest BCUT2D eigenvalue weighted by atomic mass is 35.5. The van der Waals surface area contributed by atoms with E-state index in [2.05, 4.69) is 96.8 Å². The number of imidazole rings is 2. The number of H-pyrrole nitrogens is 4. The first-order valence-corrected chi connectivity index (χ1v) is 16.5. The van der Waals surface area contributed by atoms with Crippen LogP contribution >= 0.6 is 23.2 Å². The molecular formula is C37H41Cl2N7O3. The molecule has 256 valence electrons. The molecule has 0 fully saturated rings. The van der Waals surface area contributed by atoms with Crippen LogP contribution in [0.2, 0.25) is 10.0 Å². The van der Waals surface area contributed by atoms with Crippen LogP contribution in [0.4, 0.5) is 17.1 Å². The van der Waals surface area contributed by atoms with Crippen LogP contribution in [0.25, 0.3) is 22.1 Å². The van der Waals surface area contributed by atoms with Crippen LogP contribution in [0, 0.1) is 5.41 Å². The van der Waals surface area contributed by atoms with Gasteiger partial charge < -0.3 is 30.8 Å². The molecule has 0 bridgehead atoms. The van der Waals surface area contributed by atoms with E-state index in [-0.39, 0.29) is 28.0 Å². The number of aromatic nitrogens is 4. The van der Waals surface area contributed by atoms with Crippen molar-refractivity contribution in [1.82, 2.24) is 19.9 Å². The Morgan fingerprint density at radius 2 is 1.18 bits per heavy atom. The summed E-state index contributed by atoms with van der Waals surface area (Å²) >= 11 is 12.2. The number of aromatic hydroxyl groups is 1. The molecule has 0 atom stereocenters. The quantitative estimate of drug-likeness (QED) is 0.0751. The highest BCUT2D eigenvalue weighted by molar-refractivity contribution is 6.34. The third kappa shape index (κ3) is 7.92. The maximum absolute atomic E-state index is 11.7. The van der Waals surface area contributed by atoms with Gasteiger partial charge in [-0.15, -0.1) is 10.2 Å². The van der Waals surface area contributed by atoms with Crippen molar-refractivity contribution in [2.24, 2.45) is 15.6 Å². The number of nitrogen functional groups attached to an aromatic ring is 1. The second-order valence-electron chi connectivity index (χ2n) is 14.6. The molecule has 0 radical (unpaired) electrons. The summed E-state index contributed by atoms with van der Waals surface area (Å²) in [5.41, 5.74) is 11.1. The molecule has 10 nitrogen and oxygen atoms in total. The molecular weight excluding hydrogens is 661 g/mol. The Balaban J connectivity index is 0.000000325. The number of anilines is 1. The van der Waals surface area contributed by atoms with E-state index in [0.29, 0.717) is 49.2 Å². The van der Waals surface area contributed by atoms with Crippen molar-refractivity contribution < 1.29 is 5.11 Å². The predicted octanol–water partition coefficient (Wildman–Crippen LogP) is 9.76.